The molecule has 0 bridgehead atoms. The lowest BCUT2D eigenvalue weighted by molar-refractivity contribution is -0.143. The number of ether oxygens (including phenoxy) is 1. The van der Waals surface area contributed by atoms with Crippen molar-refractivity contribution in [3.63, 3.8) is 0 Å². The number of carbonyl (C=O) groups excluding carboxylic acids is 1. The Labute approximate surface area is 182 Å². The smallest absolute Gasteiger partial charge is 0.330 e. The van der Waals surface area contributed by atoms with Gasteiger partial charge in [0, 0.05) is 39.0 Å². The minimum atomic E-state index is -0.431. The van der Waals surface area contributed by atoms with Crippen LogP contribution in [0.3, 0.4) is 0 Å². The normalized spacial score (nSPS) is 19.5. The number of carbonyl (C=O) groups is 1. The molecule has 9 heteroatoms. The SMILES string of the molecule is CCCCn1c(=O)[nH]c(=O)c2c1nc(CCC(=O)N1CC(C)OC(C)C1)n2CC(C)C. The van der Waals surface area contributed by atoms with Crippen LogP contribution in [0.25, 0.3) is 11.2 Å². The minimum Gasteiger partial charge on any atom is -0.372 e. The van der Waals surface area contributed by atoms with E-state index in [1.807, 2.05) is 23.3 Å². The summed E-state index contributed by atoms with van der Waals surface area (Å²) in [6, 6.07) is 0. The minimum absolute atomic E-state index is 0.0183. The van der Waals surface area contributed by atoms with Crippen LogP contribution in [0.15, 0.2) is 9.59 Å². The van der Waals surface area contributed by atoms with Gasteiger partial charge in [-0.1, -0.05) is 27.2 Å². The van der Waals surface area contributed by atoms with Gasteiger partial charge in [-0.3, -0.25) is 19.1 Å². The number of amides is 1. The zero-order chi connectivity index (χ0) is 22.7. The summed E-state index contributed by atoms with van der Waals surface area (Å²) in [4.78, 5) is 46.9. The number of aromatic nitrogens is 4. The maximum absolute atomic E-state index is 12.9. The number of fused-ring (bicyclic) bond motifs is 1. The van der Waals surface area contributed by atoms with Gasteiger partial charge in [0.2, 0.25) is 5.91 Å². The fourth-order valence-electron chi connectivity index (χ4n) is 4.25. The molecular weight excluding hydrogens is 398 g/mol. The van der Waals surface area contributed by atoms with Crippen LogP contribution in [0.2, 0.25) is 0 Å². The highest BCUT2D eigenvalue weighted by atomic mass is 16.5. The second-order valence-electron chi connectivity index (χ2n) is 9.03. The molecule has 3 rings (SSSR count). The number of morpholine rings is 1. The molecule has 1 fully saturated rings. The first-order valence-electron chi connectivity index (χ1n) is 11.4. The van der Waals surface area contributed by atoms with Gasteiger partial charge in [-0.25, -0.2) is 9.78 Å². The number of hydrogen-bond donors (Lipinski definition) is 1. The number of nitrogens with one attached hydrogen (secondary N) is 1. The first-order valence-corrected chi connectivity index (χ1v) is 11.4. The predicted molar refractivity (Wildman–Crippen MR) is 119 cm³/mol. The molecule has 1 amide bonds. The van der Waals surface area contributed by atoms with Crippen LogP contribution in [0.5, 0.6) is 0 Å². The zero-order valence-corrected chi connectivity index (χ0v) is 19.3. The summed E-state index contributed by atoms with van der Waals surface area (Å²) in [6.07, 6.45) is 2.51. The number of unbranched alkanes of at least 4 members (excludes halogenated alkanes) is 1. The monoisotopic (exact) mass is 433 g/mol. The van der Waals surface area contributed by atoms with E-state index in [0.717, 1.165) is 12.8 Å². The molecule has 0 saturated carbocycles. The topological polar surface area (TPSA) is 102 Å². The molecule has 0 aromatic carbocycles. The van der Waals surface area contributed by atoms with Gasteiger partial charge < -0.3 is 14.2 Å². The van der Waals surface area contributed by atoms with E-state index in [-0.39, 0.29) is 24.0 Å². The van der Waals surface area contributed by atoms with Gasteiger partial charge in [-0.2, -0.15) is 0 Å². The molecule has 0 spiro atoms. The number of aryl methyl sites for hydroxylation is 2. The van der Waals surface area contributed by atoms with Crippen molar-refractivity contribution in [2.75, 3.05) is 13.1 Å². The molecule has 2 aromatic heterocycles. The summed E-state index contributed by atoms with van der Waals surface area (Å²) in [5.41, 5.74) is -0.0206. The summed E-state index contributed by atoms with van der Waals surface area (Å²) >= 11 is 0. The summed E-state index contributed by atoms with van der Waals surface area (Å²) in [5.74, 6) is 1.01. The molecule has 2 atom stereocenters. The van der Waals surface area contributed by atoms with Crippen molar-refractivity contribution >= 4 is 17.1 Å². The van der Waals surface area contributed by atoms with Crippen LogP contribution in [0.4, 0.5) is 0 Å². The van der Waals surface area contributed by atoms with Crippen molar-refractivity contribution < 1.29 is 9.53 Å². The van der Waals surface area contributed by atoms with E-state index in [9.17, 15) is 14.4 Å². The number of H-pyrrole nitrogens is 1. The number of hydrogen-bond acceptors (Lipinski definition) is 5. The summed E-state index contributed by atoms with van der Waals surface area (Å²) in [7, 11) is 0. The van der Waals surface area contributed by atoms with Crippen molar-refractivity contribution in [2.45, 2.75) is 85.6 Å². The van der Waals surface area contributed by atoms with Gasteiger partial charge in [-0.15, -0.1) is 0 Å². The average molecular weight is 434 g/mol. The highest BCUT2D eigenvalue weighted by Gasteiger charge is 2.26. The van der Waals surface area contributed by atoms with Crippen LogP contribution in [-0.2, 0) is 29.0 Å². The molecule has 1 aliphatic heterocycles. The molecule has 172 valence electrons. The zero-order valence-electron chi connectivity index (χ0n) is 19.3. The quantitative estimate of drug-likeness (QED) is 0.685. The van der Waals surface area contributed by atoms with Crippen LogP contribution in [0.1, 0.15) is 59.7 Å². The molecule has 1 saturated heterocycles. The maximum atomic E-state index is 12.9. The second kappa shape index (κ2) is 9.80. The molecule has 0 radical (unpaired) electrons. The first-order chi connectivity index (χ1) is 14.7. The molecule has 2 aromatic rings. The summed E-state index contributed by atoms with van der Waals surface area (Å²) < 4.78 is 9.16. The lowest BCUT2D eigenvalue weighted by Crippen LogP contribution is -2.48. The van der Waals surface area contributed by atoms with Crippen molar-refractivity contribution in [3.05, 3.63) is 26.7 Å². The number of rotatable bonds is 8. The van der Waals surface area contributed by atoms with Gasteiger partial charge in [0.1, 0.15) is 5.82 Å². The third-order valence-corrected chi connectivity index (χ3v) is 5.58. The fourth-order valence-corrected chi connectivity index (χ4v) is 4.25. The van der Waals surface area contributed by atoms with Crippen LogP contribution < -0.4 is 11.2 Å². The first kappa shape index (κ1) is 23.2. The maximum Gasteiger partial charge on any atom is 0.330 e. The van der Waals surface area contributed by atoms with Gasteiger partial charge >= 0.3 is 5.69 Å². The van der Waals surface area contributed by atoms with E-state index in [1.54, 1.807) is 4.57 Å². The highest BCUT2D eigenvalue weighted by Crippen LogP contribution is 2.18. The largest absolute Gasteiger partial charge is 0.372 e. The van der Waals surface area contributed by atoms with E-state index in [1.165, 1.54) is 0 Å². The predicted octanol–water partition coefficient (Wildman–Crippen LogP) is 1.91. The molecule has 31 heavy (non-hydrogen) atoms. The molecule has 1 N–H and O–H groups in total. The Morgan fingerprint density at radius 1 is 1.19 bits per heavy atom. The molecule has 3 heterocycles. The molecular formula is C22H35N5O4. The van der Waals surface area contributed by atoms with Gasteiger partial charge in [0.15, 0.2) is 11.2 Å². The van der Waals surface area contributed by atoms with Gasteiger partial charge in [-0.05, 0) is 26.2 Å². The average Bonchev–Trinajstić information content (AvgIpc) is 3.03. The summed E-state index contributed by atoms with van der Waals surface area (Å²) in [5, 5.41) is 0. The van der Waals surface area contributed by atoms with E-state index in [4.69, 9.17) is 9.72 Å². The Balaban J connectivity index is 1.93. The van der Waals surface area contributed by atoms with Gasteiger partial charge in [0.05, 0.1) is 12.2 Å². The van der Waals surface area contributed by atoms with E-state index < -0.39 is 11.2 Å². The van der Waals surface area contributed by atoms with Crippen LogP contribution >= 0.6 is 0 Å². The lowest BCUT2D eigenvalue weighted by Gasteiger charge is -2.35. The molecule has 1 aliphatic rings. The summed E-state index contributed by atoms with van der Waals surface area (Å²) in [6.45, 7) is 12.4. The number of nitrogens with zero attached hydrogens (tertiary/aromatic N) is 4. The Morgan fingerprint density at radius 2 is 1.87 bits per heavy atom. The Hall–Kier alpha value is -2.42. The third-order valence-electron chi connectivity index (χ3n) is 5.58. The van der Waals surface area contributed by atoms with Crippen molar-refractivity contribution in [3.8, 4) is 0 Å². The van der Waals surface area contributed by atoms with E-state index >= 15 is 0 Å². The molecule has 0 aliphatic carbocycles. The molecule has 2 unspecified atom stereocenters. The van der Waals surface area contributed by atoms with Crippen molar-refractivity contribution in [1.29, 1.82) is 0 Å². The van der Waals surface area contributed by atoms with E-state index in [2.05, 4.69) is 25.8 Å². The highest BCUT2D eigenvalue weighted by molar-refractivity contribution is 5.77. The Kier molecular flexibility index (Phi) is 7.35. The third kappa shape index (κ3) is 5.26. The fraction of sp³-hybridized carbons (Fsp3) is 0.727. The van der Waals surface area contributed by atoms with Crippen molar-refractivity contribution in [1.82, 2.24) is 24.0 Å². The van der Waals surface area contributed by atoms with Crippen LogP contribution in [0, 0.1) is 5.92 Å². The number of imidazole rings is 1. The Morgan fingerprint density at radius 3 is 2.48 bits per heavy atom. The molecule has 9 nitrogen and oxygen atoms in total. The van der Waals surface area contributed by atoms with Crippen LogP contribution in [-0.4, -0.2) is 55.2 Å². The van der Waals surface area contributed by atoms with E-state index in [0.29, 0.717) is 56.0 Å². The standard InChI is InChI=1S/C22H35N5O4/c1-6-7-10-26-20-19(21(29)24-22(26)30)27(11-14(2)3)17(23-20)8-9-18(28)25-12-15(4)31-16(5)13-25/h14-16H,6-13H2,1-5H3,(H,24,29,30). The van der Waals surface area contributed by atoms with Gasteiger partial charge in [0.25, 0.3) is 5.56 Å². The number of aromatic amines is 1. The Bertz CT molecular complexity index is 1020. The second-order valence-corrected chi connectivity index (χ2v) is 9.03. The van der Waals surface area contributed by atoms with Crippen molar-refractivity contribution in [2.24, 2.45) is 5.92 Å². The lowest BCUT2D eigenvalue weighted by atomic mass is 10.2.